The highest BCUT2D eigenvalue weighted by Crippen LogP contribution is 2.21. The fourth-order valence-corrected chi connectivity index (χ4v) is 3.28. The number of hydrogen-bond donors (Lipinski definition) is 1. The van der Waals surface area contributed by atoms with Gasteiger partial charge in [0.2, 0.25) is 5.91 Å². The number of amides is 1. The van der Waals surface area contributed by atoms with Crippen LogP contribution < -0.4 is 10.1 Å². The van der Waals surface area contributed by atoms with Crippen molar-refractivity contribution in [2.24, 2.45) is 0 Å². The number of para-hydroxylation sites is 1. The molecule has 1 aromatic carbocycles. The van der Waals surface area contributed by atoms with E-state index in [1.807, 2.05) is 30.1 Å². The number of benzene rings is 1. The zero-order chi connectivity index (χ0) is 14.5. The van der Waals surface area contributed by atoms with E-state index in [9.17, 15) is 4.79 Å². The van der Waals surface area contributed by atoms with Crippen LogP contribution in [0.1, 0.15) is 12.5 Å². The first-order valence-electron chi connectivity index (χ1n) is 6.83. The van der Waals surface area contributed by atoms with E-state index in [4.69, 9.17) is 4.74 Å². The fraction of sp³-hybridized carbons (Fsp3) is 0.533. The lowest BCUT2D eigenvalue weighted by Crippen LogP contribution is -2.47. The van der Waals surface area contributed by atoms with Gasteiger partial charge in [-0.05, 0) is 25.0 Å². The standard InChI is InChI=1S/C15H22N2O2S/c1-11(8-12-6-4-5-7-14(12)19-3)17(2)15(18)13-9-20-10-16-13/h4-7,11,13,16H,8-10H2,1-3H3. The number of methoxy groups -OCH3 is 1. The molecule has 20 heavy (non-hydrogen) atoms. The van der Waals surface area contributed by atoms with E-state index < -0.39 is 0 Å². The number of thioether (sulfide) groups is 1. The molecule has 1 heterocycles. The molecule has 0 aliphatic carbocycles. The third-order valence-corrected chi connectivity index (χ3v) is 4.67. The summed E-state index contributed by atoms with van der Waals surface area (Å²) in [6.45, 7) is 2.08. The molecule has 1 amide bonds. The summed E-state index contributed by atoms with van der Waals surface area (Å²) in [5, 5.41) is 3.23. The van der Waals surface area contributed by atoms with Crippen LogP contribution in [0.25, 0.3) is 0 Å². The summed E-state index contributed by atoms with van der Waals surface area (Å²) >= 11 is 1.77. The number of carbonyl (C=O) groups is 1. The minimum atomic E-state index is -0.0369. The van der Waals surface area contributed by atoms with Crippen LogP contribution in [-0.4, -0.2) is 48.7 Å². The van der Waals surface area contributed by atoms with Crippen LogP contribution in [0.5, 0.6) is 5.75 Å². The number of carbonyl (C=O) groups excluding carboxylic acids is 1. The van der Waals surface area contributed by atoms with Crippen LogP contribution >= 0.6 is 11.8 Å². The zero-order valence-electron chi connectivity index (χ0n) is 12.3. The second kappa shape index (κ2) is 6.99. The molecule has 1 saturated heterocycles. The minimum Gasteiger partial charge on any atom is -0.496 e. The Hall–Kier alpha value is -1.20. The van der Waals surface area contributed by atoms with E-state index in [2.05, 4.69) is 18.3 Å². The summed E-state index contributed by atoms with van der Waals surface area (Å²) in [7, 11) is 3.56. The van der Waals surface area contributed by atoms with Crippen molar-refractivity contribution in [2.75, 3.05) is 25.8 Å². The predicted octanol–water partition coefficient (Wildman–Crippen LogP) is 1.75. The van der Waals surface area contributed by atoms with Gasteiger partial charge in [0.25, 0.3) is 0 Å². The van der Waals surface area contributed by atoms with Crippen LogP contribution in [0, 0.1) is 0 Å². The van der Waals surface area contributed by atoms with Gasteiger partial charge in [0.1, 0.15) is 5.75 Å². The van der Waals surface area contributed by atoms with Gasteiger partial charge in [0, 0.05) is 24.7 Å². The van der Waals surface area contributed by atoms with E-state index >= 15 is 0 Å². The molecule has 2 atom stereocenters. The van der Waals surface area contributed by atoms with Gasteiger partial charge >= 0.3 is 0 Å². The molecule has 1 aliphatic heterocycles. The average Bonchev–Trinajstić information content (AvgIpc) is 3.00. The van der Waals surface area contributed by atoms with Crippen LogP contribution in [0.2, 0.25) is 0 Å². The molecule has 2 rings (SSSR count). The predicted molar refractivity (Wildman–Crippen MR) is 83.2 cm³/mol. The van der Waals surface area contributed by atoms with Crippen LogP contribution in [0.3, 0.4) is 0 Å². The molecule has 110 valence electrons. The molecule has 4 nitrogen and oxygen atoms in total. The van der Waals surface area contributed by atoms with Crippen molar-refractivity contribution in [1.82, 2.24) is 10.2 Å². The molecular formula is C15H22N2O2S. The van der Waals surface area contributed by atoms with E-state index in [1.165, 1.54) is 0 Å². The van der Waals surface area contributed by atoms with E-state index in [-0.39, 0.29) is 18.0 Å². The van der Waals surface area contributed by atoms with E-state index in [0.29, 0.717) is 0 Å². The first-order chi connectivity index (χ1) is 9.63. The quantitative estimate of drug-likeness (QED) is 0.898. The first kappa shape index (κ1) is 15.2. The topological polar surface area (TPSA) is 41.6 Å². The van der Waals surface area contributed by atoms with Crippen molar-refractivity contribution in [2.45, 2.75) is 25.4 Å². The fourth-order valence-electron chi connectivity index (χ4n) is 2.34. The number of nitrogens with one attached hydrogen (secondary N) is 1. The Morgan fingerprint density at radius 2 is 2.30 bits per heavy atom. The molecule has 1 aromatic rings. The van der Waals surface area contributed by atoms with Gasteiger partial charge in [-0.1, -0.05) is 18.2 Å². The lowest BCUT2D eigenvalue weighted by molar-refractivity contribution is -0.133. The molecule has 1 aliphatic rings. The second-order valence-electron chi connectivity index (χ2n) is 5.09. The van der Waals surface area contributed by atoms with Gasteiger partial charge in [0.05, 0.1) is 13.2 Å². The highest BCUT2D eigenvalue weighted by atomic mass is 32.2. The zero-order valence-corrected chi connectivity index (χ0v) is 13.1. The van der Waals surface area contributed by atoms with Crippen molar-refractivity contribution in [3.63, 3.8) is 0 Å². The molecule has 1 fully saturated rings. The number of likely N-dealkylation sites (N-methyl/N-ethyl adjacent to an activating group) is 1. The molecule has 0 radical (unpaired) electrons. The number of ether oxygens (including phenoxy) is 1. The van der Waals surface area contributed by atoms with Gasteiger partial charge in [-0.25, -0.2) is 0 Å². The van der Waals surface area contributed by atoms with Gasteiger partial charge in [-0.15, -0.1) is 11.8 Å². The van der Waals surface area contributed by atoms with Crippen molar-refractivity contribution >= 4 is 17.7 Å². The SMILES string of the molecule is COc1ccccc1CC(C)N(C)C(=O)C1CSCN1. The maximum Gasteiger partial charge on any atom is 0.240 e. The highest BCUT2D eigenvalue weighted by Gasteiger charge is 2.27. The van der Waals surface area contributed by atoms with Gasteiger partial charge in [-0.2, -0.15) is 0 Å². The van der Waals surface area contributed by atoms with Crippen LogP contribution in [0.4, 0.5) is 0 Å². The molecule has 0 spiro atoms. The van der Waals surface area contributed by atoms with Gasteiger partial charge < -0.3 is 9.64 Å². The van der Waals surface area contributed by atoms with Crippen molar-refractivity contribution < 1.29 is 9.53 Å². The van der Waals surface area contributed by atoms with Gasteiger partial charge in [-0.3, -0.25) is 10.1 Å². The van der Waals surface area contributed by atoms with E-state index in [0.717, 1.165) is 29.4 Å². The number of hydrogen-bond acceptors (Lipinski definition) is 4. The Balaban J connectivity index is 1.99. The number of rotatable bonds is 5. The second-order valence-corrected chi connectivity index (χ2v) is 6.12. The average molecular weight is 294 g/mol. The van der Waals surface area contributed by atoms with Crippen LogP contribution in [0.15, 0.2) is 24.3 Å². The highest BCUT2D eigenvalue weighted by molar-refractivity contribution is 7.99. The molecule has 1 N–H and O–H groups in total. The Morgan fingerprint density at radius 1 is 1.55 bits per heavy atom. The Labute approximate surface area is 124 Å². The van der Waals surface area contributed by atoms with Crippen molar-refractivity contribution in [3.8, 4) is 5.75 Å². The minimum absolute atomic E-state index is 0.0369. The van der Waals surface area contributed by atoms with Crippen LogP contribution in [-0.2, 0) is 11.2 Å². The van der Waals surface area contributed by atoms with Crippen molar-refractivity contribution in [1.29, 1.82) is 0 Å². The van der Waals surface area contributed by atoms with Gasteiger partial charge in [0.15, 0.2) is 0 Å². The lowest BCUT2D eigenvalue weighted by atomic mass is 10.0. The molecule has 0 aromatic heterocycles. The Morgan fingerprint density at radius 3 is 2.95 bits per heavy atom. The normalized spacial score (nSPS) is 19.6. The third kappa shape index (κ3) is 3.46. The molecular weight excluding hydrogens is 272 g/mol. The molecule has 0 saturated carbocycles. The summed E-state index contributed by atoms with van der Waals surface area (Å²) in [6.07, 6.45) is 0.798. The third-order valence-electron chi connectivity index (χ3n) is 3.73. The Bertz CT molecular complexity index is 461. The monoisotopic (exact) mass is 294 g/mol. The largest absolute Gasteiger partial charge is 0.496 e. The lowest BCUT2D eigenvalue weighted by Gasteiger charge is -2.28. The molecule has 0 bridgehead atoms. The Kier molecular flexibility index (Phi) is 5.31. The smallest absolute Gasteiger partial charge is 0.240 e. The van der Waals surface area contributed by atoms with Crippen molar-refractivity contribution in [3.05, 3.63) is 29.8 Å². The van der Waals surface area contributed by atoms with E-state index in [1.54, 1.807) is 18.9 Å². The molecule has 5 heteroatoms. The first-order valence-corrected chi connectivity index (χ1v) is 7.98. The maximum atomic E-state index is 12.4. The number of nitrogens with zero attached hydrogens (tertiary/aromatic N) is 1. The molecule has 2 unspecified atom stereocenters. The summed E-state index contributed by atoms with van der Waals surface area (Å²) in [5.41, 5.74) is 1.14. The summed E-state index contributed by atoms with van der Waals surface area (Å²) < 4.78 is 5.37. The summed E-state index contributed by atoms with van der Waals surface area (Å²) in [5.74, 6) is 2.79. The summed E-state index contributed by atoms with van der Waals surface area (Å²) in [6, 6.07) is 8.08. The summed E-state index contributed by atoms with van der Waals surface area (Å²) in [4.78, 5) is 14.2. The maximum absolute atomic E-state index is 12.4.